The first kappa shape index (κ1) is 15.4. The maximum atomic E-state index is 11.9. The summed E-state index contributed by atoms with van der Waals surface area (Å²) in [6, 6.07) is 7.75. The standard InChI is InChI=1S/C16H23N3O2/c1-4-11-19-15(20)18-14(17)16(19,2)10-9-12-5-7-13(21-3)8-6-12/h5-8H,4,9-11H2,1-3H3,(H2,17,18,20). The molecule has 114 valence electrons. The predicted molar refractivity (Wildman–Crippen MR) is 83.7 cm³/mol. The van der Waals surface area contributed by atoms with Crippen LogP contribution in [0.3, 0.4) is 0 Å². The number of hydrogen-bond acceptors (Lipinski definition) is 3. The number of carbonyl (C=O) groups is 1. The summed E-state index contributed by atoms with van der Waals surface area (Å²) >= 11 is 0. The molecule has 2 rings (SSSR count). The van der Waals surface area contributed by atoms with Crippen molar-refractivity contribution < 1.29 is 9.53 Å². The van der Waals surface area contributed by atoms with Crippen molar-refractivity contribution in [3.8, 4) is 5.75 Å². The highest BCUT2D eigenvalue weighted by Crippen LogP contribution is 2.28. The van der Waals surface area contributed by atoms with Crippen LogP contribution >= 0.6 is 0 Å². The molecule has 21 heavy (non-hydrogen) atoms. The number of aryl methyl sites for hydroxylation is 1. The number of amidine groups is 1. The smallest absolute Gasteiger partial charge is 0.346 e. The van der Waals surface area contributed by atoms with Gasteiger partial charge in [0.1, 0.15) is 11.6 Å². The van der Waals surface area contributed by atoms with Crippen LogP contribution in [0.5, 0.6) is 5.75 Å². The van der Waals surface area contributed by atoms with E-state index in [1.807, 2.05) is 38.1 Å². The van der Waals surface area contributed by atoms with Crippen LogP contribution < -0.4 is 10.5 Å². The largest absolute Gasteiger partial charge is 0.497 e. The zero-order chi connectivity index (χ0) is 15.5. The lowest BCUT2D eigenvalue weighted by atomic mass is 9.91. The van der Waals surface area contributed by atoms with Gasteiger partial charge in [-0.25, -0.2) is 4.79 Å². The van der Waals surface area contributed by atoms with Gasteiger partial charge in [-0.1, -0.05) is 19.1 Å². The fourth-order valence-corrected chi connectivity index (χ4v) is 2.64. The molecule has 2 N–H and O–H groups in total. The molecule has 1 aliphatic rings. The summed E-state index contributed by atoms with van der Waals surface area (Å²) in [5.41, 5.74) is 6.72. The van der Waals surface area contributed by atoms with Crippen molar-refractivity contribution >= 4 is 11.9 Å². The Labute approximate surface area is 125 Å². The first-order chi connectivity index (χ1) is 10.0. The fraction of sp³-hybridized carbons (Fsp3) is 0.500. The monoisotopic (exact) mass is 289 g/mol. The second-order valence-electron chi connectivity index (χ2n) is 5.55. The minimum Gasteiger partial charge on any atom is -0.497 e. The van der Waals surface area contributed by atoms with Crippen LogP contribution in [-0.4, -0.2) is 36.0 Å². The molecule has 1 aromatic rings. The summed E-state index contributed by atoms with van der Waals surface area (Å²) in [6.45, 7) is 4.73. The number of hydrogen-bond donors (Lipinski definition) is 1. The van der Waals surface area contributed by atoms with E-state index in [-0.39, 0.29) is 6.03 Å². The second kappa shape index (κ2) is 6.16. The number of urea groups is 1. The van der Waals surface area contributed by atoms with Gasteiger partial charge in [0.15, 0.2) is 0 Å². The van der Waals surface area contributed by atoms with E-state index in [9.17, 15) is 4.79 Å². The van der Waals surface area contributed by atoms with Crippen LogP contribution in [-0.2, 0) is 6.42 Å². The van der Waals surface area contributed by atoms with E-state index >= 15 is 0 Å². The zero-order valence-corrected chi connectivity index (χ0v) is 12.9. The van der Waals surface area contributed by atoms with E-state index in [1.165, 1.54) is 5.56 Å². The highest BCUT2D eigenvalue weighted by molar-refractivity contribution is 6.05. The number of benzene rings is 1. The minimum atomic E-state index is -0.479. The summed E-state index contributed by atoms with van der Waals surface area (Å²) in [4.78, 5) is 17.7. The highest BCUT2D eigenvalue weighted by atomic mass is 16.5. The Balaban J connectivity index is 2.08. The third-order valence-electron chi connectivity index (χ3n) is 4.10. The van der Waals surface area contributed by atoms with Gasteiger partial charge in [0.25, 0.3) is 0 Å². The number of nitrogens with two attached hydrogens (primary N) is 1. The SMILES string of the molecule is CCCN1C(=O)N=C(N)C1(C)CCc1ccc(OC)cc1. The van der Waals surface area contributed by atoms with Crippen molar-refractivity contribution in [3.05, 3.63) is 29.8 Å². The fourth-order valence-electron chi connectivity index (χ4n) is 2.64. The highest BCUT2D eigenvalue weighted by Gasteiger charge is 2.43. The van der Waals surface area contributed by atoms with Crippen molar-refractivity contribution in [2.75, 3.05) is 13.7 Å². The summed E-state index contributed by atoms with van der Waals surface area (Å²) in [5, 5.41) is 0. The average molecular weight is 289 g/mol. The van der Waals surface area contributed by atoms with Crippen LogP contribution in [0.1, 0.15) is 32.3 Å². The van der Waals surface area contributed by atoms with Crippen LogP contribution in [0, 0.1) is 0 Å². The molecule has 0 bridgehead atoms. The predicted octanol–water partition coefficient (Wildman–Crippen LogP) is 2.59. The van der Waals surface area contributed by atoms with Gasteiger partial charge in [-0.2, -0.15) is 4.99 Å². The molecule has 1 atom stereocenters. The minimum absolute atomic E-state index is 0.216. The molecule has 5 nitrogen and oxygen atoms in total. The van der Waals surface area contributed by atoms with E-state index in [4.69, 9.17) is 10.5 Å². The number of methoxy groups -OCH3 is 1. The Morgan fingerprint density at radius 3 is 2.57 bits per heavy atom. The molecular formula is C16H23N3O2. The molecule has 1 aliphatic heterocycles. The van der Waals surface area contributed by atoms with E-state index < -0.39 is 5.54 Å². The summed E-state index contributed by atoms with van der Waals surface area (Å²) in [6.07, 6.45) is 2.50. The maximum Gasteiger partial charge on any atom is 0.346 e. The van der Waals surface area contributed by atoms with Crippen molar-refractivity contribution in [2.45, 2.75) is 38.6 Å². The molecule has 2 amide bonds. The van der Waals surface area contributed by atoms with Gasteiger partial charge >= 0.3 is 6.03 Å². The number of aliphatic imine (C=N–C) groups is 1. The van der Waals surface area contributed by atoms with Gasteiger partial charge in [-0.3, -0.25) is 0 Å². The maximum absolute atomic E-state index is 11.9. The molecule has 0 aliphatic carbocycles. The number of nitrogens with zero attached hydrogens (tertiary/aromatic N) is 2. The quantitative estimate of drug-likeness (QED) is 0.875. The lowest BCUT2D eigenvalue weighted by Crippen LogP contribution is -2.52. The first-order valence-electron chi connectivity index (χ1n) is 7.30. The molecule has 0 radical (unpaired) electrons. The second-order valence-corrected chi connectivity index (χ2v) is 5.55. The van der Waals surface area contributed by atoms with Crippen molar-refractivity contribution in [1.82, 2.24) is 4.90 Å². The Morgan fingerprint density at radius 2 is 2.00 bits per heavy atom. The van der Waals surface area contributed by atoms with Gasteiger partial charge in [0, 0.05) is 6.54 Å². The molecule has 0 saturated carbocycles. The summed E-state index contributed by atoms with van der Waals surface area (Å²) in [5.74, 6) is 1.27. The number of carbonyl (C=O) groups excluding carboxylic acids is 1. The zero-order valence-electron chi connectivity index (χ0n) is 12.9. The summed E-state index contributed by atoms with van der Waals surface area (Å²) < 4.78 is 5.16. The van der Waals surface area contributed by atoms with Gasteiger partial charge in [-0.05, 0) is 43.9 Å². The molecule has 1 heterocycles. The average Bonchev–Trinajstić information content (AvgIpc) is 2.70. The van der Waals surface area contributed by atoms with Gasteiger partial charge < -0.3 is 15.4 Å². The Bertz CT molecular complexity index is 539. The van der Waals surface area contributed by atoms with E-state index in [0.717, 1.165) is 25.0 Å². The van der Waals surface area contributed by atoms with E-state index in [0.29, 0.717) is 12.4 Å². The van der Waals surface area contributed by atoms with Crippen molar-refractivity contribution in [2.24, 2.45) is 10.7 Å². The Hall–Kier alpha value is -2.04. The first-order valence-corrected chi connectivity index (χ1v) is 7.30. The lowest BCUT2D eigenvalue weighted by molar-refractivity contribution is 0.173. The molecule has 5 heteroatoms. The van der Waals surface area contributed by atoms with Crippen LogP contribution in [0.4, 0.5) is 4.79 Å². The van der Waals surface area contributed by atoms with Crippen molar-refractivity contribution in [1.29, 1.82) is 0 Å². The lowest BCUT2D eigenvalue weighted by Gasteiger charge is -2.34. The molecule has 0 aromatic heterocycles. The van der Waals surface area contributed by atoms with Crippen LogP contribution in [0.2, 0.25) is 0 Å². The molecule has 1 unspecified atom stereocenters. The normalized spacial score (nSPS) is 21.6. The molecule has 0 fully saturated rings. The van der Waals surface area contributed by atoms with Crippen LogP contribution in [0.25, 0.3) is 0 Å². The third kappa shape index (κ3) is 3.01. The Morgan fingerprint density at radius 1 is 1.33 bits per heavy atom. The topological polar surface area (TPSA) is 67.9 Å². The van der Waals surface area contributed by atoms with Gasteiger partial charge in [0.2, 0.25) is 0 Å². The Kier molecular flexibility index (Phi) is 4.50. The molecular weight excluding hydrogens is 266 g/mol. The number of ether oxygens (including phenoxy) is 1. The molecule has 0 spiro atoms. The molecule has 0 saturated heterocycles. The summed E-state index contributed by atoms with van der Waals surface area (Å²) in [7, 11) is 1.65. The van der Waals surface area contributed by atoms with E-state index in [2.05, 4.69) is 4.99 Å². The van der Waals surface area contributed by atoms with Crippen LogP contribution in [0.15, 0.2) is 29.3 Å². The van der Waals surface area contributed by atoms with Gasteiger partial charge in [0.05, 0.1) is 12.6 Å². The third-order valence-corrected chi connectivity index (χ3v) is 4.10. The van der Waals surface area contributed by atoms with Gasteiger partial charge in [-0.15, -0.1) is 0 Å². The van der Waals surface area contributed by atoms with E-state index in [1.54, 1.807) is 12.0 Å². The number of amides is 2. The molecule has 1 aromatic carbocycles. The van der Waals surface area contributed by atoms with Crippen molar-refractivity contribution in [3.63, 3.8) is 0 Å². The number of rotatable bonds is 6.